The van der Waals surface area contributed by atoms with Gasteiger partial charge in [-0.15, -0.1) is 0 Å². The zero-order chi connectivity index (χ0) is 12.3. The Morgan fingerprint density at radius 1 is 1.56 bits per heavy atom. The fraction of sp³-hybridized carbons (Fsp3) is 0.222. The number of aromatic nitrogens is 1. The van der Waals surface area contributed by atoms with Crippen LogP contribution < -0.4 is 16.8 Å². The van der Waals surface area contributed by atoms with E-state index in [1.807, 2.05) is 0 Å². The van der Waals surface area contributed by atoms with E-state index < -0.39 is 17.9 Å². The molecule has 1 rings (SSSR count). The van der Waals surface area contributed by atoms with Gasteiger partial charge in [-0.3, -0.25) is 4.79 Å². The van der Waals surface area contributed by atoms with Gasteiger partial charge < -0.3 is 21.9 Å². The number of carbonyl (C=O) groups is 2. The van der Waals surface area contributed by atoms with Gasteiger partial charge in [-0.2, -0.15) is 0 Å². The lowest BCUT2D eigenvalue weighted by molar-refractivity contribution is -0.118. The maximum absolute atomic E-state index is 10.8. The molecule has 7 heteroatoms. The lowest BCUT2D eigenvalue weighted by Crippen LogP contribution is -2.33. The number of nitrogens with two attached hydrogens (primary N) is 2. The van der Waals surface area contributed by atoms with Crippen LogP contribution in [-0.2, 0) is 4.79 Å². The molecule has 0 fully saturated rings. The first-order valence-corrected chi connectivity index (χ1v) is 4.47. The van der Waals surface area contributed by atoms with E-state index in [2.05, 4.69) is 10.3 Å². The van der Waals surface area contributed by atoms with Gasteiger partial charge in [0.05, 0.1) is 11.3 Å². The van der Waals surface area contributed by atoms with Gasteiger partial charge >= 0.3 is 5.97 Å². The van der Waals surface area contributed by atoms with Crippen LogP contribution in [0.5, 0.6) is 0 Å². The summed E-state index contributed by atoms with van der Waals surface area (Å²) in [4.78, 5) is 25.4. The van der Waals surface area contributed by atoms with Crippen molar-refractivity contribution < 1.29 is 14.7 Å². The molecule has 1 heterocycles. The van der Waals surface area contributed by atoms with Crippen LogP contribution >= 0.6 is 0 Å². The lowest BCUT2D eigenvalue weighted by atomic mass is 10.2. The van der Waals surface area contributed by atoms with Gasteiger partial charge in [-0.05, 0) is 13.0 Å². The largest absolute Gasteiger partial charge is 0.478 e. The molecule has 0 saturated heterocycles. The van der Waals surface area contributed by atoms with E-state index in [1.54, 1.807) is 0 Å². The van der Waals surface area contributed by atoms with E-state index in [-0.39, 0.29) is 17.1 Å². The number of amides is 1. The molecule has 0 bridgehead atoms. The van der Waals surface area contributed by atoms with Crippen LogP contribution in [-0.4, -0.2) is 28.0 Å². The van der Waals surface area contributed by atoms with Crippen molar-refractivity contribution in [3.8, 4) is 0 Å². The van der Waals surface area contributed by atoms with Crippen LogP contribution in [0.15, 0.2) is 12.3 Å². The first kappa shape index (κ1) is 11.8. The van der Waals surface area contributed by atoms with E-state index in [4.69, 9.17) is 16.6 Å². The summed E-state index contributed by atoms with van der Waals surface area (Å²) >= 11 is 0. The van der Waals surface area contributed by atoms with Crippen LogP contribution in [0, 0.1) is 0 Å². The van der Waals surface area contributed by atoms with Crippen molar-refractivity contribution in [2.24, 2.45) is 5.73 Å². The highest BCUT2D eigenvalue weighted by Crippen LogP contribution is 2.20. The molecular formula is C9H12N4O3. The minimum Gasteiger partial charge on any atom is -0.478 e. The number of hydrogen-bond acceptors (Lipinski definition) is 5. The molecule has 0 aliphatic rings. The fourth-order valence-corrected chi connectivity index (χ4v) is 1.05. The Balaban J connectivity index is 3.02. The van der Waals surface area contributed by atoms with Crippen molar-refractivity contribution in [2.75, 3.05) is 11.1 Å². The van der Waals surface area contributed by atoms with Gasteiger partial charge in [0, 0.05) is 6.20 Å². The Labute approximate surface area is 91.5 Å². The highest BCUT2D eigenvalue weighted by atomic mass is 16.4. The SMILES string of the molecule is CC(Nc1nccc(C(=O)O)c1N)C(N)=O. The van der Waals surface area contributed by atoms with Gasteiger partial charge in [-0.1, -0.05) is 0 Å². The number of rotatable bonds is 4. The molecule has 0 radical (unpaired) electrons. The number of carboxylic acids is 1. The highest BCUT2D eigenvalue weighted by molar-refractivity contribution is 5.96. The molecule has 16 heavy (non-hydrogen) atoms. The number of aromatic carboxylic acids is 1. The summed E-state index contributed by atoms with van der Waals surface area (Å²) in [7, 11) is 0. The van der Waals surface area contributed by atoms with Gasteiger partial charge in [0.15, 0.2) is 5.82 Å². The first-order valence-electron chi connectivity index (χ1n) is 4.47. The summed E-state index contributed by atoms with van der Waals surface area (Å²) in [6.07, 6.45) is 1.29. The first-order chi connectivity index (χ1) is 7.43. The van der Waals surface area contributed by atoms with Gasteiger partial charge in [0.1, 0.15) is 6.04 Å². The van der Waals surface area contributed by atoms with Gasteiger partial charge in [0.25, 0.3) is 0 Å². The normalized spacial score (nSPS) is 11.8. The zero-order valence-electron chi connectivity index (χ0n) is 8.60. The van der Waals surface area contributed by atoms with Crippen LogP contribution in [0.1, 0.15) is 17.3 Å². The Kier molecular flexibility index (Phi) is 3.29. The molecule has 0 aliphatic heterocycles. The summed E-state index contributed by atoms with van der Waals surface area (Å²) in [5, 5.41) is 11.4. The smallest absolute Gasteiger partial charge is 0.337 e. The number of nitrogens with one attached hydrogen (secondary N) is 1. The maximum Gasteiger partial charge on any atom is 0.337 e. The predicted octanol–water partition coefficient (Wildman–Crippen LogP) is -0.352. The lowest BCUT2D eigenvalue weighted by Gasteiger charge is -2.13. The quantitative estimate of drug-likeness (QED) is 0.552. The molecule has 1 aromatic heterocycles. The van der Waals surface area contributed by atoms with Crippen molar-refractivity contribution in [1.29, 1.82) is 0 Å². The molecular weight excluding hydrogens is 212 g/mol. The van der Waals surface area contributed by atoms with Crippen LogP contribution in [0.4, 0.5) is 11.5 Å². The summed E-state index contributed by atoms with van der Waals surface area (Å²) in [6, 6.07) is 0.594. The Bertz CT molecular complexity index is 433. The minimum atomic E-state index is -1.16. The number of nitrogens with zero attached hydrogens (tertiary/aromatic N) is 1. The molecule has 6 N–H and O–H groups in total. The van der Waals surface area contributed by atoms with Gasteiger partial charge in [0.2, 0.25) is 5.91 Å². The fourth-order valence-electron chi connectivity index (χ4n) is 1.05. The Morgan fingerprint density at radius 3 is 2.69 bits per heavy atom. The molecule has 0 aromatic carbocycles. The average Bonchev–Trinajstić information content (AvgIpc) is 2.20. The van der Waals surface area contributed by atoms with Crippen LogP contribution in [0.25, 0.3) is 0 Å². The van der Waals surface area contributed by atoms with E-state index in [0.717, 1.165) is 0 Å². The molecule has 0 saturated carbocycles. The highest BCUT2D eigenvalue weighted by Gasteiger charge is 2.15. The van der Waals surface area contributed by atoms with E-state index in [1.165, 1.54) is 19.2 Å². The van der Waals surface area contributed by atoms with E-state index >= 15 is 0 Å². The second-order valence-electron chi connectivity index (χ2n) is 3.19. The number of carbonyl (C=O) groups excluding carboxylic acids is 1. The van der Waals surface area contributed by atoms with Crippen LogP contribution in [0.3, 0.4) is 0 Å². The van der Waals surface area contributed by atoms with E-state index in [9.17, 15) is 9.59 Å². The number of pyridine rings is 1. The Morgan fingerprint density at radius 2 is 2.19 bits per heavy atom. The topological polar surface area (TPSA) is 131 Å². The minimum absolute atomic E-state index is 0.0249. The van der Waals surface area contributed by atoms with Crippen molar-refractivity contribution >= 4 is 23.4 Å². The van der Waals surface area contributed by atoms with Crippen molar-refractivity contribution in [3.05, 3.63) is 17.8 Å². The zero-order valence-corrected chi connectivity index (χ0v) is 8.60. The number of carboxylic acid groups (broad SMARTS) is 1. The molecule has 1 unspecified atom stereocenters. The van der Waals surface area contributed by atoms with Crippen molar-refractivity contribution in [2.45, 2.75) is 13.0 Å². The second-order valence-corrected chi connectivity index (χ2v) is 3.19. The second kappa shape index (κ2) is 4.47. The summed E-state index contributed by atoms with van der Waals surface area (Å²) in [5.41, 5.74) is 10.5. The third-order valence-electron chi connectivity index (χ3n) is 2.00. The van der Waals surface area contributed by atoms with Crippen molar-refractivity contribution in [1.82, 2.24) is 4.98 Å². The summed E-state index contributed by atoms with van der Waals surface area (Å²) in [6.45, 7) is 1.52. The van der Waals surface area contributed by atoms with Crippen LogP contribution in [0.2, 0.25) is 0 Å². The summed E-state index contributed by atoms with van der Waals surface area (Å²) in [5.74, 6) is -1.61. The number of anilines is 2. The van der Waals surface area contributed by atoms with E-state index in [0.29, 0.717) is 0 Å². The third-order valence-corrected chi connectivity index (χ3v) is 2.00. The monoisotopic (exact) mass is 224 g/mol. The number of primary amides is 1. The predicted molar refractivity (Wildman–Crippen MR) is 57.9 cm³/mol. The molecule has 7 nitrogen and oxygen atoms in total. The average molecular weight is 224 g/mol. The summed E-state index contributed by atoms with van der Waals surface area (Å²) < 4.78 is 0. The standard InChI is InChI=1S/C9H12N4O3/c1-4(7(11)14)13-8-6(10)5(9(15)16)2-3-12-8/h2-4H,10H2,1H3,(H2,11,14)(H,12,13)(H,15,16). The maximum atomic E-state index is 10.8. The Hall–Kier alpha value is -2.31. The number of hydrogen-bond donors (Lipinski definition) is 4. The number of nitrogen functional groups attached to an aromatic ring is 1. The van der Waals surface area contributed by atoms with Gasteiger partial charge in [-0.25, -0.2) is 9.78 Å². The molecule has 1 aromatic rings. The van der Waals surface area contributed by atoms with Crippen molar-refractivity contribution in [3.63, 3.8) is 0 Å². The molecule has 1 amide bonds. The third kappa shape index (κ3) is 2.38. The molecule has 0 spiro atoms. The molecule has 1 atom stereocenters. The molecule has 86 valence electrons. The molecule has 0 aliphatic carbocycles.